The van der Waals surface area contributed by atoms with Crippen molar-refractivity contribution >= 4 is 17.1 Å². The normalized spacial score (nSPS) is 17.6. The van der Waals surface area contributed by atoms with Gasteiger partial charge in [-0.2, -0.15) is 0 Å². The molecule has 6 aromatic rings. The summed E-state index contributed by atoms with van der Waals surface area (Å²) < 4.78 is 0. The monoisotopic (exact) mass is 635 g/mol. The second-order valence-electron chi connectivity index (χ2n) is 16.6. The summed E-state index contributed by atoms with van der Waals surface area (Å²) >= 11 is 0. The molecular weight excluding hydrogens is 591 g/mol. The molecule has 242 valence electrons. The van der Waals surface area contributed by atoms with Crippen molar-refractivity contribution in [3.63, 3.8) is 0 Å². The standard InChI is InChI=1S/C48H45N/c1-45(2)38-20-14-12-18-33(38)35-24-22-31(28-41(35)45)49(30-16-10-9-11-17-30)32-23-25-37-42(29-32)46(3,4)40-27-26-36-34-19-13-15-21-39(34)47(5,6)48(7,8)44(36)43(37)40/h9-29H,1-8H3. The number of hydrogen-bond acceptors (Lipinski definition) is 1. The van der Waals surface area contributed by atoms with Gasteiger partial charge >= 0.3 is 0 Å². The molecule has 49 heavy (non-hydrogen) atoms. The molecule has 3 aliphatic carbocycles. The first-order chi connectivity index (χ1) is 23.3. The second kappa shape index (κ2) is 9.85. The average Bonchev–Trinajstić information content (AvgIpc) is 3.47. The van der Waals surface area contributed by atoms with Crippen molar-refractivity contribution in [2.45, 2.75) is 77.0 Å². The summed E-state index contributed by atoms with van der Waals surface area (Å²) in [5, 5.41) is 0. The van der Waals surface area contributed by atoms with Crippen LogP contribution in [0, 0.1) is 0 Å². The molecule has 0 amide bonds. The second-order valence-corrected chi connectivity index (χ2v) is 16.6. The van der Waals surface area contributed by atoms with Crippen molar-refractivity contribution in [1.82, 2.24) is 0 Å². The van der Waals surface area contributed by atoms with Gasteiger partial charge in [0.05, 0.1) is 0 Å². The molecule has 6 aromatic carbocycles. The molecular formula is C48H45N. The van der Waals surface area contributed by atoms with Crippen LogP contribution in [0.15, 0.2) is 127 Å². The maximum atomic E-state index is 2.48. The Morgan fingerprint density at radius 3 is 1.51 bits per heavy atom. The molecule has 0 fully saturated rings. The maximum Gasteiger partial charge on any atom is 0.0465 e. The zero-order valence-corrected chi connectivity index (χ0v) is 30.1. The molecule has 9 rings (SSSR count). The minimum atomic E-state index is -0.142. The predicted molar refractivity (Wildman–Crippen MR) is 208 cm³/mol. The number of anilines is 3. The Labute approximate surface area is 292 Å². The van der Waals surface area contributed by atoms with Crippen LogP contribution < -0.4 is 4.90 Å². The third-order valence-corrected chi connectivity index (χ3v) is 13.0. The smallest absolute Gasteiger partial charge is 0.0465 e. The fourth-order valence-electron chi connectivity index (χ4n) is 9.60. The van der Waals surface area contributed by atoms with Gasteiger partial charge in [0, 0.05) is 33.3 Å². The van der Waals surface area contributed by atoms with Crippen molar-refractivity contribution in [2.24, 2.45) is 0 Å². The highest BCUT2D eigenvalue weighted by Gasteiger charge is 2.50. The quantitative estimate of drug-likeness (QED) is 0.187. The molecule has 0 atom stereocenters. The van der Waals surface area contributed by atoms with Gasteiger partial charge in [-0.3, -0.25) is 0 Å². The van der Waals surface area contributed by atoms with Crippen LogP contribution in [-0.2, 0) is 21.7 Å². The summed E-state index contributed by atoms with van der Waals surface area (Å²) in [4.78, 5) is 2.46. The van der Waals surface area contributed by atoms with E-state index in [4.69, 9.17) is 0 Å². The fraction of sp³-hybridized carbons (Fsp3) is 0.250. The van der Waals surface area contributed by atoms with Crippen molar-refractivity contribution in [3.05, 3.63) is 161 Å². The topological polar surface area (TPSA) is 3.24 Å². The predicted octanol–water partition coefficient (Wildman–Crippen LogP) is 13.0. The summed E-state index contributed by atoms with van der Waals surface area (Å²) in [6.07, 6.45) is 0. The molecule has 1 nitrogen and oxygen atoms in total. The van der Waals surface area contributed by atoms with Gasteiger partial charge in [0.15, 0.2) is 0 Å². The van der Waals surface area contributed by atoms with Gasteiger partial charge in [-0.1, -0.05) is 146 Å². The molecule has 3 aliphatic rings. The first kappa shape index (κ1) is 30.2. The summed E-state index contributed by atoms with van der Waals surface area (Å²) in [7, 11) is 0. The highest BCUT2D eigenvalue weighted by molar-refractivity contribution is 5.94. The molecule has 0 saturated carbocycles. The number of nitrogens with zero attached hydrogens (tertiary/aromatic N) is 1. The molecule has 1 heteroatoms. The van der Waals surface area contributed by atoms with E-state index >= 15 is 0 Å². The lowest BCUT2D eigenvalue weighted by Gasteiger charge is -2.49. The summed E-state index contributed by atoms with van der Waals surface area (Å²) in [6.45, 7) is 19.4. The maximum absolute atomic E-state index is 2.48. The Balaban J connectivity index is 1.24. The third kappa shape index (κ3) is 3.88. The molecule has 0 N–H and O–H groups in total. The highest BCUT2D eigenvalue weighted by Crippen LogP contribution is 2.61. The zero-order chi connectivity index (χ0) is 34.1. The Kier molecular flexibility index (Phi) is 6.07. The van der Waals surface area contributed by atoms with Crippen LogP contribution in [0.3, 0.4) is 0 Å². The summed E-state index contributed by atoms with van der Waals surface area (Å²) in [5.41, 5.74) is 20.1. The number of rotatable bonds is 3. The van der Waals surface area contributed by atoms with Gasteiger partial charge in [-0.15, -0.1) is 0 Å². The first-order valence-electron chi connectivity index (χ1n) is 17.9. The van der Waals surface area contributed by atoms with Crippen LogP contribution in [0.25, 0.3) is 33.4 Å². The Bertz CT molecular complexity index is 2330. The van der Waals surface area contributed by atoms with Crippen molar-refractivity contribution < 1.29 is 0 Å². The molecule has 0 bridgehead atoms. The van der Waals surface area contributed by atoms with Gasteiger partial charge in [0.25, 0.3) is 0 Å². The van der Waals surface area contributed by atoms with Crippen LogP contribution >= 0.6 is 0 Å². The van der Waals surface area contributed by atoms with E-state index in [0.717, 1.165) is 0 Å². The first-order valence-corrected chi connectivity index (χ1v) is 17.9. The Morgan fingerprint density at radius 1 is 0.347 bits per heavy atom. The van der Waals surface area contributed by atoms with Crippen LogP contribution in [0.5, 0.6) is 0 Å². The van der Waals surface area contributed by atoms with Gasteiger partial charge in [0.1, 0.15) is 0 Å². The number of hydrogen-bond donors (Lipinski definition) is 0. The Hall–Kier alpha value is -4.88. The van der Waals surface area contributed by atoms with E-state index in [9.17, 15) is 0 Å². The highest BCUT2D eigenvalue weighted by atomic mass is 15.1. The molecule has 0 aliphatic heterocycles. The molecule has 0 saturated heterocycles. The molecule has 0 heterocycles. The van der Waals surface area contributed by atoms with Crippen LogP contribution in [0.4, 0.5) is 17.1 Å². The van der Waals surface area contributed by atoms with E-state index in [1.165, 1.54) is 83.8 Å². The van der Waals surface area contributed by atoms with E-state index in [2.05, 4.69) is 188 Å². The van der Waals surface area contributed by atoms with Gasteiger partial charge in [-0.25, -0.2) is 0 Å². The Morgan fingerprint density at radius 2 is 0.837 bits per heavy atom. The van der Waals surface area contributed by atoms with Crippen LogP contribution in [0.2, 0.25) is 0 Å². The number of fused-ring (bicyclic) bond motifs is 10. The van der Waals surface area contributed by atoms with E-state index in [1.807, 2.05) is 0 Å². The SMILES string of the molecule is CC1(C)c2ccccc2-c2ccc(N(c3ccccc3)c3ccc4c(c3)C(C)(C)c3ccc5c(c3-4)C(C)(C)C(C)(C)c3ccccc3-5)cc21. The van der Waals surface area contributed by atoms with E-state index < -0.39 is 0 Å². The minimum absolute atomic E-state index is 0.0241. The average molecular weight is 636 g/mol. The fourth-order valence-corrected chi connectivity index (χ4v) is 9.60. The van der Waals surface area contributed by atoms with Gasteiger partial charge < -0.3 is 4.90 Å². The largest absolute Gasteiger partial charge is 0.310 e. The number of para-hydroxylation sites is 1. The summed E-state index contributed by atoms with van der Waals surface area (Å²) in [5.74, 6) is 0. The molecule has 0 spiro atoms. The lowest BCUT2D eigenvalue weighted by Crippen LogP contribution is -2.44. The lowest BCUT2D eigenvalue weighted by molar-refractivity contribution is 0.299. The lowest BCUT2D eigenvalue weighted by atomic mass is 9.54. The summed E-state index contributed by atoms with van der Waals surface area (Å²) in [6, 6.07) is 48.1. The van der Waals surface area contributed by atoms with Gasteiger partial charge in [-0.05, 0) is 109 Å². The third-order valence-electron chi connectivity index (χ3n) is 13.0. The minimum Gasteiger partial charge on any atom is -0.310 e. The van der Waals surface area contributed by atoms with Crippen LogP contribution in [-0.4, -0.2) is 0 Å². The van der Waals surface area contributed by atoms with Crippen molar-refractivity contribution in [2.75, 3.05) is 4.90 Å². The molecule has 0 aromatic heterocycles. The van der Waals surface area contributed by atoms with Crippen molar-refractivity contribution in [3.8, 4) is 33.4 Å². The van der Waals surface area contributed by atoms with E-state index in [0.29, 0.717) is 0 Å². The number of benzene rings is 6. The molecule has 0 unspecified atom stereocenters. The van der Waals surface area contributed by atoms with Crippen LogP contribution in [0.1, 0.15) is 88.8 Å². The van der Waals surface area contributed by atoms with Gasteiger partial charge in [0.2, 0.25) is 0 Å². The van der Waals surface area contributed by atoms with Crippen molar-refractivity contribution in [1.29, 1.82) is 0 Å². The zero-order valence-electron chi connectivity index (χ0n) is 30.1. The van der Waals surface area contributed by atoms with E-state index in [-0.39, 0.29) is 21.7 Å². The van der Waals surface area contributed by atoms with E-state index in [1.54, 1.807) is 0 Å². The molecule has 0 radical (unpaired) electrons.